The van der Waals surface area contributed by atoms with Gasteiger partial charge in [0.15, 0.2) is 0 Å². The molecular formula is C12H15NO2. The third-order valence-electron chi connectivity index (χ3n) is 2.36. The molecule has 0 fully saturated rings. The molecule has 0 aliphatic carbocycles. The van der Waals surface area contributed by atoms with Crippen molar-refractivity contribution in [3.05, 3.63) is 48.6 Å². The van der Waals surface area contributed by atoms with E-state index in [0.717, 1.165) is 5.56 Å². The maximum absolute atomic E-state index is 10.7. The molecule has 0 amide bonds. The van der Waals surface area contributed by atoms with E-state index in [2.05, 4.69) is 6.58 Å². The minimum atomic E-state index is -0.846. The van der Waals surface area contributed by atoms with Crippen molar-refractivity contribution >= 4 is 5.97 Å². The number of aliphatic carboxylic acids is 1. The van der Waals surface area contributed by atoms with Gasteiger partial charge >= 0.3 is 5.97 Å². The molecule has 1 aromatic carbocycles. The van der Waals surface area contributed by atoms with Crippen molar-refractivity contribution in [3.8, 4) is 0 Å². The predicted molar refractivity (Wildman–Crippen MR) is 59.6 cm³/mol. The number of carboxylic acids is 1. The molecule has 0 spiro atoms. The van der Waals surface area contributed by atoms with Gasteiger partial charge in [0.1, 0.15) is 0 Å². The van der Waals surface area contributed by atoms with Crippen LogP contribution in [-0.2, 0) is 4.79 Å². The van der Waals surface area contributed by atoms with Crippen molar-refractivity contribution in [1.29, 1.82) is 0 Å². The fourth-order valence-corrected chi connectivity index (χ4v) is 1.53. The van der Waals surface area contributed by atoms with Crippen molar-refractivity contribution in [2.75, 3.05) is 0 Å². The SMILES string of the molecule is C=CC(N)C(CC(=O)O)c1ccccc1. The Kier molecular flexibility index (Phi) is 4.06. The Balaban J connectivity index is 2.90. The van der Waals surface area contributed by atoms with Gasteiger partial charge in [-0.05, 0) is 5.56 Å². The summed E-state index contributed by atoms with van der Waals surface area (Å²) in [6, 6.07) is 9.08. The smallest absolute Gasteiger partial charge is 0.304 e. The monoisotopic (exact) mass is 205 g/mol. The van der Waals surface area contributed by atoms with Gasteiger partial charge in [-0.1, -0.05) is 36.4 Å². The molecule has 1 aromatic rings. The van der Waals surface area contributed by atoms with Gasteiger partial charge in [-0.25, -0.2) is 0 Å². The molecule has 3 N–H and O–H groups in total. The summed E-state index contributed by atoms with van der Waals surface area (Å²) >= 11 is 0. The molecule has 3 nitrogen and oxygen atoms in total. The highest BCUT2D eigenvalue weighted by Gasteiger charge is 2.20. The lowest BCUT2D eigenvalue weighted by atomic mass is 9.89. The van der Waals surface area contributed by atoms with Crippen LogP contribution in [0.2, 0.25) is 0 Å². The highest BCUT2D eigenvalue weighted by Crippen LogP contribution is 2.22. The van der Waals surface area contributed by atoms with Gasteiger partial charge in [0.2, 0.25) is 0 Å². The first kappa shape index (κ1) is 11.5. The summed E-state index contributed by atoms with van der Waals surface area (Å²) in [6.45, 7) is 3.60. The van der Waals surface area contributed by atoms with Crippen LogP contribution in [0.1, 0.15) is 17.9 Å². The van der Waals surface area contributed by atoms with Crippen LogP contribution >= 0.6 is 0 Å². The minimum absolute atomic E-state index is 0.0250. The number of carbonyl (C=O) groups is 1. The summed E-state index contributed by atoms with van der Waals surface area (Å²) in [5.74, 6) is -1.05. The van der Waals surface area contributed by atoms with Crippen LogP contribution in [0.25, 0.3) is 0 Å². The quantitative estimate of drug-likeness (QED) is 0.720. The van der Waals surface area contributed by atoms with Crippen LogP contribution in [-0.4, -0.2) is 17.1 Å². The topological polar surface area (TPSA) is 63.3 Å². The largest absolute Gasteiger partial charge is 0.481 e. The van der Waals surface area contributed by atoms with E-state index in [0.29, 0.717) is 0 Å². The summed E-state index contributed by atoms with van der Waals surface area (Å²) < 4.78 is 0. The molecule has 80 valence electrons. The highest BCUT2D eigenvalue weighted by atomic mass is 16.4. The molecule has 0 heterocycles. The summed E-state index contributed by atoms with van der Waals surface area (Å²) in [7, 11) is 0. The van der Waals surface area contributed by atoms with E-state index in [4.69, 9.17) is 10.8 Å². The molecule has 0 bridgehead atoms. The molecule has 15 heavy (non-hydrogen) atoms. The number of carboxylic acid groups (broad SMARTS) is 1. The number of hydrogen-bond acceptors (Lipinski definition) is 2. The molecular weight excluding hydrogens is 190 g/mol. The predicted octanol–water partition coefficient (Wildman–Crippen LogP) is 1.76. The average Bonchev–Trinajstić information content (AvgIpc) is 2.26. The highest BCUT2D eigenvalue weighted by molar-refractivity contribution is 5.68. The van der Waals surface area contributed by atoms with E-state index < -0.39 is 5.97 Å². The zero-order chi connectivity index (χ0) is 11.3. The summed E-state index contributed by atoms with van der Waals surface area (Å²) in [5.41, 5.74) is 6.75. The van der Waals surface area contributed by atoms with Gasteiger partial charge in [0.05, 0.1) is 6.42 Å². The van der Waals surface area contributed by atoms with Crippen molar-refractivity contribution in [2.45, 2.75) is 18.4 Å². The lowest BCUT2D eigenvalue weighted by Crippen LogP contribution is -2.27. The van der Waals surface area contributed by atoms with E-state index in [1.54, 1.807) is 6.08 Å². The minimum Gasteiger partial charge on any atom is -0.481 e. The first-order valence-electron chi connectivity index (χ1n) is 4.80. The average molecular weight is 205 g/mol. The van der Waals surface area contributed by atoms with Crippen LogP contribution < -0.4 is 5.73 Å². The van der Waals surface area contributed by atoms with Gasteiger partial charge < -0.3 is 10.8 Å². The van der Waals surface area contributed by atoms with Crippen molar-refractivity contribution < 1.29 is 9.90 Å². The first-order chi connectivity index (χ1) is 7.15. The Morgan fingerprint density at radius 3 is 2.53 bits per heavy atom. The third kappa shape index (κ3) is 3.22. The Hall–Kier alpha value is -1.61. The van der Waals surface area contributed by atoms with Crippen LogP contribution in [0.4, 0.5) is 0 Å². The zero-order valence-corrected chi connectivity index (χ0v) is 8.47. The zero-order valence-electron chi connectivity index (χ0n) is 8.47. The Bertz CT molecular complexity index is 335. The van der Waals surface area contributed by atoms with Crippen LogP contribution in [0.15, 0.2) is 43.0 Å². The number of benzene rings is 1. The van der Waals surface area contributed by atoms with E-state index in [-0.39, 0.29) is 18.4 Å². The molecule has 0 saturated heterocycles. The van der Waals surface area contributed by atoms with Gasteiger partial charge in [-0.15, -0.1) is 6.58 Å². The van der Waals surface area contributed by atoms with E-state index >= 15 is 0 Å². The molecule has 1 rings (SSSR count). The third-order valence-corrected chi connectivity index (χ3v) is 2.36. The summed E-state index contributed by atoms with van der Waals surface area (Å²) in [5, 5.41) is 8.80. The standard InChI is InChI=1S/C12H15NO2/c1-2-11(13)10(8-12(14)15)9-6-4-3-5-7-9/h2-7,10-11H,1,8,13H2,(H,14,15). The number of rotatable bonds is 5. The Morgan fingerprint density at radius 2 is 2.07 bits per heavy atom. The molecule has 2 unspecified atom stereocenters. The van der Waals surface area contributed by atoms with Crippen molar-refractivity contribution in [2.24, 2.45) is 5.73 Å². The van der Waals surface area contributed by atoms with Gasteiger partial charge in [-0.2, -0.15) is 0 Å². The molecule has 0 aliphatic heterocycles. The number of hydrogen-bond donors (Lipinski definition) is 2. The molecule has 3 heteroatoms. The molecule has 2 atom stereocenters. The van der Waals surface area contributed by atoms with E-state index in [1.165, 1.54) is 0 Å². The molecule has 0 radical (unpaired) electrons. The van der Waals surface area contributed by atoms with E-state index in [1.807, 2.05) is 30.3 Å². The van der Waals surface area contributed by atoms with Gasteiger partial charge in [0.25, 0.3) is 0 Å². The lowest BCUT2D eigenvalue weighted by molar-refractivity contribution is -0.137. The van der Waals surface area contributed by atoms with Crippen molar-refractivity contribution in [1.82, 2.24) is 0 Å². The fraction of sp³-hybridized carbons (Fsp3) is 0.250. The normalized spacial score (nSPS) is 14.2. The first-order valence-corrected chi connectivity index (χ1v) is 4.80. The van der Waals surface area contributed by atoms with E-state index in [9.17, 15) is 4.79 Å². The lowest BCUT2D eigenvalue weighted by Gasteiger charge is -2.19. The summed E-state index contributed by atoms with van der Waals surface area (Å²) in [6.07, 6.45) is 1.61. The number of nitrogens with two attached hydrogens (primary N) is 1. The van der Waals surface area contributed by atoms with Crippen molar-refractivity contribution in [3.63, 3.8) is 0 Å². The second-order valence-electron chi connectivity index (χ2n) is 3.43. The van der Waals surface area contributed by atoms with Crippen LogP contribution in [0.5, 0.6) is 0 Å². The van der Waals surface area contributed by atoms with Gasteiger partial charge in [-0.3, -0.25) is 4.79 Å². The van der Waals surface area contributed by atoms with Gasteiger partial charge in [0, 0.05) is 12.0 Å². The van der Waals surface area contributed by atoms with Crippen LogP contribution in [0, 0.1) is 0 Å². The summed E-state index contributed by atoms with van der Waals surface area (Å²) in [4.78, 5) is 10.7. The molecule has 0 aliphatic rings. The Morgan fingerprint density at radius 1 is 1.47 bits per heavy atom. The van der Waals surface area contributed by atoms with Crippen LogP contribution in [0.3, 0.4) is 0 Å². The Labute approximate surface area is 89.2 Å². The fourth-order valence-electron chi connectivity index (χ4n) is 1.53. The second kappa shape index (κ2) is 5.32. The second-order valence-corrected chi connectivity index (χ2v) is 3.43. The maximum Gasteiger partial charge on any atom is 0.304 e. The molecule has 0 saturated carbocycles. The maximum atomic E-state index is 10.7. The molecule has 0 aromatic heterocycles.